The number of H-pyrrole nitrogens is 1. The minimum Gasteiger partial charge on any atom is -0.313 e. The summed E-state index contributed by atoms with van der Waals surface area (Å²) < 4.78 is 42.7. The second kappa shape index (κ2) is 8.33. The third-order valence-corrected chi connectivity index (χ3v) is 6.19. The van der Waals surface area contributed by atoms with Gasteiger partial charge in [0.25, 0.3) is 0 Å². The van der Waals surface area contributed by atoms with Crippen molar-refractivity contribution in [3.63, 3.8) is 0 Å². The van der Waals surface area contributed by atoms with Crippen molar-refractivity contribution in [3.8, 4) is 22.5 Å². The van der Waals surface area contributed by atoms with Crippen LogP contribution in [-0.4, -0.2) is 41.7 Å². The molecule has 182 valence electrons. The maximum absolute atomic E-state index is 14.0. The van der Waals surface area contributed by atoms with Crippen LogP contribution < -0.4 is 0 Å². The summed E-state index contributed by atoms with van der Waals surface area (Å²) in [6.07, 6.45) is -4.87. The Labute approximate surface area is 206 Å². The number of nitrogens with one attached hydrogen (secondary N) is 1. The molecule has 0 aliphatic heterocycles. The lowest BCUT2D eigenvalue weighted by Gasteiger charge is -2.17. The van der Waals surface area contributed by atoms with E-state index in [9.17, 15) is 22.8 Å². The molecule has 0 amide bonds. The fourth-order valence-electron chi connectivity index (χ4n) is 4.52. The minimum atomic E-state index is -4.87. The zero-order valence-electron chi connectivity index (χ0n) is 18.8. The van der Waals surface area contributed by atoms with Crippen LogP contribution in [0.25, 0.3) is 22.5 Å². The van der Waals surface area contributed by atoms with Crippen LogP contribution in [0.5, 0.6) is 0 Å². The predicted octanol–water partition coefficient (Wildman–Crippen LogP) is 4.57. The molecule has 0 atom stereocenters. The molecule has 6 rings (SSSR count). The van der Waals surface area contributed by atoms with E-state index in [-0.39, 0.29) is 23.4 Å². The Bertz CT molecular complexity index is 1670. The second-order valence-electron chi connectivity index (χ2n) is 8.40. The number of nitrogens with zero attached hydrogens (tertiary/aromatic N) is 5. The van der Waals surface area contributed by atoms with Gasteiger partial charge in [-0.3, -0.25) is 9.59 Å². The van der Waals surface area contributed by atoms with Crippen LogP contribution in [0.2, 0.25) is 0 Å². The molecule has 2 aromatic heterocycles. The Hall–Kier alpha value is -4.93. The normalized spacial score (nSPS) is 12.9. The summed E-state index contributed by atoms with van der Waals surface area (Å²) in [5, 5.41) is 14.0. The number of benzene rings is 3. The van der Waals surface area contributed by atoms with Crippen molar-refractivity contribution in [1.29, 1.82) is 0 Å². The van der Waals surface area contributed by atoms with Gasteiger partial charge in [0.15, 0.2) is 0 Å². The van der Waals surface area contributed by atoms with Gasteiger partial charge in [0, 0.05) is 23.2 Å². The highest BCUT2D eigenvalue weighted by Gasteiger charge is 2.43. The summed E-state index contributed by atoms with van der Waals surface area (Å²) >= 11 is 0. The summed E-state index contributed by atoms with van der Waals surface area (Å²) in [4.78, 5) is 29.7. The number of carbonyl (C=O) groups excluding carboxylic acids is 2. The number of alkyl halides is 3. The van der Waals surface area contributed by atoms with Crippen LogP contribution in [0.3, 0.4) is 0 Å². The number of aromatic nitrogens is 6. The lowest BCUT2D eigenvalue weighted by atomic mass is 9.90. The van der Waals surface area contributed by atoms with E-state index in [0.717, 1.165) is 21.3 Å². The van der Waals surface area contributed by atoms with E-state index in [1.54, 1.807) is 36.4 Å². The molecule has 8 nitrogen and oxygen atoms in total. The maximum Gasteiger partial charge on any atom is 0.449 e. The van der Waals surface area contributed by atoms with E-state index < -0.39 is 29.3 Å². The molecule has 0 fully saturated rings. The largest absolute Gasteiger partial charge is 0.449 e. The van der Waals surface area contributed by atoms with Crippen molar-refractivity contribution in [3.05, 3.63) is 107 Å². The van der Waals surface area contributed by atoms with Gasteiger partial charge in [-0.05, 0) is 21.9 Å². The molecule has 3 aromatic carbocycles. The first-order chi connectivity index (χ1) is 17.8. The Kier molecular flexibility index (Phi) is 5.07. The molecule has 0 saturated carbocycles. The lowest BCUT2D eigenvalue weighted by molar-refractivity contribution is -0.147. The van der Waals surface area contributed by atoms with Gasteiger partial charge in [-0.25, -0.2) is 4.98 Å². The fraction of sp³-hybridized carbons (Fsp3) is 0.0769. The second-order valence-corrected chi connectivity index (χ2v) is 8.40. The van der Waals surface area contributed by atoms with Crippen LogP contribution in [0, 0.1) is 0 Å². The summed E-state index contributed by atoms with van der Waals surface area (Å²) in [6.45, 7) is -0.300. The van der Waals surface area contributed by atoms with Crippen LogP contribution in [0.4, 0.5) is 13.2 Å². The lowest BCUT2D eigenvalue weighted by Crippen LogP contribution is -2.24. The standard InChI is InChI=1S/C26H15F3N6O2/c27-26(28,29)25-30-20-21(23(37)18-7-3-2-6-17(18)22(20)36)35(25)13-14-9-11-15(12-10-14)16-5-1-4-8-19(16)24-31-33-34-32-24/h1-12H,13H2,(H,31,32,33,34). The Balaban J connectivity index is 1.40. The van der Waals surface area contributed by atoms with Crippen LogP contribution in [-0.2, 0) is 12.7 Å². The summed E-state index contributed by atoms with van der Waals surface area (Å²) in [7, 11) is 0. The molecule has 0 unspecified atom stereocenters. The van der Waals surface area contributed by atoms with E-state index in [1.165, 1.54) is 12.1 Å². The first kappa shape index (κ1) is 22.5. The Morgan fingerprint density at radius 3 is 2.03 bits per heavy atom. The summed E-state index contributed by atoms with van der Waals surface area (Å²) in [5.74, 6) is -2.26. The van der Waals surface area contributed by atoms with Gasteiger partial charge >= 0.3 is 6.18 Å². The van der Waals surface area contributed by atoms with Gasteiger partial charge in [0.1, 0.15) is 11.4 Å². The van der Waals surface area contributed by atoms with Gasteiger partial charge in [-0.15, -0.1) is 10.2 Å². The highest BCUT2D eigenvalue weighted by molar-refractivity contribution is 6.27. The molecule has 0 saturated heterocycles. The summed E-state index contributed by atoms with van der Waals surface area (Å²) in [6, 6.07) is 20.2. The van der Waals surface area contributed by atoms with Crippen molar-refractivity contribution in [2.75, 3.05) is 0 Å². The number of halogens is 3. The monoisotopic (exact) mass is 500 g/mol. The molecule has 0 spiro atoms. The first-order valence-corrected chi connectivity index (χ1v) is 11.1. The number of tetrazole rings is 1. The molecule has 1 N–H and O–H groups in total. The van der Waals surface area contributed by atoms with Gasteiger partial charge in [-0.2, -0.15) is 18.4 Å². The summed E-state index contributed by atoms with van der Waals surface area (Å²) in [5.41, 5.74) is 2.08. The highest BCUT2D eigenvalue weighted by Crippen LogP contribution is 2.36. The third-order valence-electron chi connectivity index (χ3n) is 6.19. The van der Waals surface area contributed by atoms with Crippen molar-refractivity contribution >= 4 is 11.6 Å². The SMILES string of the molecule is O=C1c2ccccc2C(=O)c2c1nc(C(F)(F)F)n2Cc1ccc(-c2ccccc2-c2nn[nH]n2)cc1. The molecule has 1 aliphatic carbocycles. The maximum atomic E-state index is 14.0. The quantitative estimate of drug-likeness (QED) is 0.380. The number of carbonyl (C=O) groups is 2. The van der Waals surface area contributed by atoms with Crippen molar-refractivity contribution in [1.82, 2.24) is 30.2 Å². The van der Waals surface area contributed by atoms with Crippen LogP contribution >= 0.6 is 0 Å². The first-order valence-electron chi connectivity index (χ1n) is 11.1. The van der Waals surface area contributed by atoms with Crippen LogP contribution in [0.15, 0.2) is 72.8 Å². The zero-order valence-corrected chi connectivity index (χ0v) is 18.8. The predicted molar refractivity (Wildman–Crippen MR) is 125 cm³/mol. The average Bonchev–Trinajstić information content (AvgIpc) is 3.57. The number of fused-ring (bicyclic) bond motifs is 2. The number of ketones is 2. The van der Waals surface area contributed by atoms with Gasteiger partial charge in [-0.1, -0.05) is 72.8 Å². The Morgan fingerprint density at radius 1 is 0.784 bits per heavy atom. The van der Waals surface area contributed by atoms with Crippen molar-refractivity contribution in [2.24, 2.45) is 0 Å². The number of hydrogen-bond donors (Lipinski definition) is 1. The van der Waals surface area contributed by atoms with Gasteiger partial charge in [0.05, 0.1) is 0 Å². The molecular weight excluding hydrogens is 485 g/mol. The van der Waals surface area contributed by atoms with Crippen LogP contribution in [0.1, 0.15) is 43.5 Å². The topological polar surface area (TPSA) is 106 Å². The highest BCUT2D eigenvalue weighted by atomic mass is 19.4. The number of hydrogen-bond acceptors (Lipinski definition) is 6. The molecule has 5 aromatic rings. The van der Waals surface area contributed by atoms with E-state index in [1.807, 2.05) is 24.3 Å². The van der Waals surface area contributed by atoms with Gasteiger partial charge in [0.2, 0.25) is 23.2 Å². The zero-order chi connectivity index (χ0) is 25.7. The van der Waals surface area contributed by atoms with E-state index >= 15 is 0 Å². The number of rotatable bonds is 4. The molecule has 0 bridgehead atoms. The molecule has 0 radical (unpaired) electrons. The average molecular weight is 500 g/mol. The van der Waals surface area contributed by atoms with Gasteiger partial charge < -0.3 is 4.57 Å². The smallest absolute Gasteiger partial charge is 0.313 e. The van der Waals surface area contributed by atoms with E-state index in [4.69, 9.17) is 0 Å². The molecule has 1 aliphatic rings. The van der Waals surface area contributed by atoms with E-state index in [2.05, 4.69) is 25.6 Å². The number of aromatic amines is 1. The molecule has 37 heavy (non-hydrogen) atoms. The van der Waals surface area contributed by atoms with E-state index in [0.29, 0.717) is 11.4 Å². The third kappa shape index (κ3) is 3.71. The molecule has 2 heterocycles. The fourth-order valence-corrected chi connectivity index (χ4v) is 4.52. The van der Waals surface area contributed by atoms with Crippen molar-refractivity contribution < 1.29 is 22.8 Å². The molecule has 11 heteroatoms. The molecular formula is C26H15F3N6O2. The minimum absolute atomic E-state index is 0.0444. The number of imidazole rings is 1. The Morgan fingerprint density at radius 2 is 1.41 bits per heavy atom. The van der Waals surface area contributed by atoms with Crippen molar-refractivity contribution in [2.45, 2.75) is 12.7 Å².